The molecule has 0 saturated carbocycles. The Bertz CT molecular complexity index is 716. The molecule has 0 aromatic carbocycles. The van der Waals surface area contributed by atoms with Gasteiger partial charge in [-0.3, -0.25) is 9.59 Å². The summed E-state index contributed by atoms with van der Waals surface area (Å²) in [6.45, 7) is 0.439. The molecule has 1 atom stereocenters. The molecule has 20 heavy (non-hydrogen) atoms. The van der Waals surface area contributed by atoms with Gasteiger partial charge in [-0.2, -0.15) is 0 Å². The fourth-order valence-corrected chi connectivity index (χ4v) is 2.95. The van der Waals surface area contributed by atoms with Crippen molar-refractivity contribution in [3.05, 3.63) is 45.6 Å². The third-order valence-corrected chi connectivity index (χ3v) is 3.88. The van der Waals surface area contributed by atoms with Crippen LogP contribution in [-0.4, -0.2) is 21.4 Å². The van der Waals surface area contributed by atoms with E-state index in [-0.39, 0.29) is 21.7 Å². The standard InChI is InChI=1S/C13H9Cl2NO4/c14-7-5-8-6(13(18)19)3-4-16(8)11(7)12(17)9-1-2-10(15)20-9/h1-2,5-6H,3-4H2,(H,18,19). The van der Waals surface area contributed by atoms with Crippen molar-refractivity contribution in [1.29, 1.82) is 0 Å². The highest BCUT2D eigenvalue weighted by atomic mass is 35.5. The molecule has 1 N–H and O–H groups in total. The Morgan fingerprint density at radius 1 is 1.35 bits per heavy atom. The van der Waals surface area contributed by atoms with Crippen LogP contribution in [0, 0.1) is 0 Å². The van der Waals surface area contributed by atoms with Crippen molar-refractivity contribution in [3.8, 4) is 0 Å². The topological polar surface area (TPSA) is 72.4 Å². The average molecular weight is 314 g/mol. The normalized spacial score (nSPS) is 17.2. The van der Waals surface area contributed by atoms with Gasteiger partial charge in [0.15, 0.2) is 11.0 Å². The van der Waals surface area contributed by atoms with Crippen molar-refractivity contribution in [2.45, 2.75) is 18.9 Å². The van der Waals surface area contributed by atoms with Gasteiger partial charge in [-0.25, -0.2) is 0 Å². The summed E-state index contributed by atoms with van der Waals surface area (Å²) in [6, 6.07) is 4.46. The SMILES string of the molecule is O=C(c1ccc(Cl)o1)c1c(Cl)cc2n1CCC2C(=O)O. The van der Waals surface area contributed by atoms with Gasteiger partial charge >= 0.3 is 5.97 Å². The number of carboxylic acid groups (broad SMARTS) is 1. The highest BCUT2D eigenvalue weighted by Crippen LogP contribution is 2.36. The lowest BCUT2D eigenvalue weighted by Crippen LogP contribution is -2.09. The Labute approximate surface area is 123 Å². The molecule has 7 heteroatoms. The summed E-state index contributed by atoms with van der Waals surface area (Å²) in [5, 5.41) is 9.48. The van der Waals surface area contributed by atoms with Crippen LogP contribution < -0.4 is 0 Å². The Balaban J connectivity index is 2.06. The number of carbonyl (C=O) groups is 2. The van der Waals surface area contributed by atoms with Crippen LogP contribution in [0.1, 0.15) is 34.3 Å². The molecular weight excluding hydrogens is 305 g/mol. The lowest BCUT2D eigenvalue weighted by atomic mass is 10.1. The number of halogens is 2. The minimum Gasteiger partial charge on any atom is -0.481 e. The molecule has 104 valence electrons. The van der Waals surface area contributed by atoms with E-state index < -0.39 is 17.7 Å². The van der Waals surface area contributed by atoms with Crippen LogP contribution in [0.3, 0.4) is 0 Å². The van der Waals surface area contributed by atoms with Gasteiger partial charge in [0.25, 0.3) is 0 Å². The van der Waals surface area contributed by atoms with Crippen LogP contribution in [0.2, 0.25) is 10.2 Å². The zero-order valence-corrected chi connectivity index (χ0v) is 11.6. The van der Waals surface area contributed by atoms with Crippen LogP contribution in [-0.2, 0) is 11.3 Å². The lowest BCUT2D eigenvalue weighted by Gasteiger charge is -2.04. The van der Waals surface area contributed by atoms with E-state index in [2.05, 4.69) is 0 Å². The van der Waals surface area contributed by atoms with Gasteiger partial charge in [0.05, 0.1) is 10.9 Å². The second-order valence-electron chi connectivity index (χ2n) is 4.53. The monoisotopic (exact) mass is 313 g/mol. The van der Waals surface area contributed by atoms with Gasteiger partial charge in [0.2, 0.25) is 5.78 Å². The van der Waals surface area contributed by atoms with Gasteiger partial charge in [-0.05, 0) is 36.2 Å². The van der Waals surface area contributed by atoms with E-state index in [1.807, 2.05) is 0 Å². The average Bonchev–Trinajstić information content (AvgIpc) is 3.02. The van der Waals surface area contributed by atoms with Crippen LogP contribution in [0.5, 0.6) is 0 Å². The van der Waals surface area contributed by atoms with E-state index in [0.717, 1.165) is 0 Å². The number of ketones is 1. The van der Waals surface area contributed by atoms with Gasteiger partial charge in [-0.15, -0.1) is 0 Å². The van der Waals surface area contributed by atoms with Crippen molar-refractivity contribution >= 4 is 35.0 Å². The molecule has 5 nitrogen and oxygen atoms in total. The first kappa shape index (κ1) is 13.3. The molecule has 0 spiro atoms. The lowest BCUT2D eigenvalue weighted by molar-refractivity contribution is -0.138. The fraction of sp³-hybridized carbons (Fsp3) is 0.231. The van der Waals surface area contributed by atoms with E-state index in [4.69, 9.17) is 32.7 Å². The second-order valence-corrected chi connectivity index (χ2v) is 5.31. The molecule has 1 unspecified atom stereocenters. The molecule has 0 bridgehead atoms. The number of aliphatic carboxylic acids is 1. The number of aromatic nitrogens is 1. The molecular formula is C13H9Cl2NO4. The van der Waals surface area contributed by atoms with Gasteiger partial charge in [0.1, 0.15) is 5.69 Å². The minimum absolute atomic E-state index is 0.0802. The van der Waals surface area contributed by atoms with Crippen molar-refractivity contribution < 1.29 is 19.1 Å². The molecule has 0 radical (unpaired) electrons. The van der Waals surface area contributed by atoms with Crippen molar-refractivity contribution in [2.75, 3.05) is 0 Å². The van der Waals surface area contributed by atoms with E-state index in [1.54, 1.807) is 4.57 Å². The number of carboxylic acids is 1. The largest absolute Gasteiger partial charge is 0.481 e. The summed E-state index contributed by atoms with van der Waals surface area (Å²) in [6.07, 6.45) is 0.445. The molecule has 1 aliphatic rings. The molecule has 3 heterocycles. The highest BCUT2D eigenvalue weighted by Gasteiger charge is 2.34. The summed E-state index contributed by atoms with van der Waals surface area (Å²) in [7, 11) is 0. The van der Waals surface area contributed by atoms with E-state index in [9.17, 15) is 9.59 Å². The van der Waals surface area contributed by atoms with Gasteiger partial charge in [-0.1, -0.05) is 11.6 Å². The number of fused-ring (bicyclic) bond motifs is 1. The predicted molar refractivity (Wildman–Crippen MR) is 71.6 cm³/mol. The summed E-state index contributed by atoms with van der Waals surface area (Å²) >= 11 is 11.7. The Hall–Kier alpha value is -1.72. The molecule has 0 aliphatic carbocycles. The van der Waals surface area contributed by atoms with Crippen LogP contribution in [0.15, 0.2) is 22.6 Å². The number of furan rings is 1. The second kappa shape index (κ2) is 4.68. The molecule has 0 amide bonds. The van der Waals surface area contributed by atoms with Crippen LogP contribution >= 0.6 is 23.2 Å². The van der Waals surface area contributed by atoms with E-state index in [1.165, 1.54) is 18.2 Å². The van der Waals surface area contributed by atoms with Crippen molar-refractivity contribution in [3.63, 3.8) is 0 Å². The number of rotatable bonds is 3. The predicted octanol–water partition coefficient (Wildman–Crippen LogP) is 3.19. The first-order valence-electron chi connectivity index (χ1n) is 5.91. The van der Waals surface area contributed by atoms with Crippen LogP contribution in [0.25, 0.3) is 0 Å². The van der Waals surface area contributed by atoms with E-state index in [0.29, 0.717) is 18.7 Å². The van der Waals surface area contributed by atoms with Crippen molar-refractivity contribution in [2.24, 2.45) is 0 Å². The Morgan fingerprint density at radius 3 is 2.70 bits per heavy atom. The number of hydrogen-bond donors (Lipinski definition) is 1. The number of carbonyl (C=O) groups excluding carboxylic acids is 1. The molecule has 2 aromatic heterocycles. The third-order valence-electron chi connectivity index (χ3n) is 3.39. The van der Waals surface area contributed by atoms with Crippen molar-refractivity contribution in [1.82, 2.24) is 4.57 Å². The Morgan fingerprint density at radius 2 is 2.10 bits per heavy atom. The van der Waals surface area contributed by atoms with Gasteiger partial charge < -0.3 is 14.1 Å². The number of hydrogen-bond acceptors (Lipinski definition) is 3. The quantitative estimate of drug-likeness (QED) is 0.883. The van der Waals surface area contributed by atoms with Gasteiger partial charge in [0, 0.05) is 12.2 Å². The first-order valence-corrected chi connectivity index (χ1v) is 6.66. The summed E-state index contributed by atoms with van der Waals surface area (Å²) in [5.41, 5.74) is 0.792. The Kier molecular flexibility index (Phi) is 3.11. The maximum atomic E-state index is 12.4. The van der Waals surface area contributed by atoms with E-state index >= 15 is 0 Å². The summed E-state index contributed by atoms with van der Waals surface area (Å²) < 4.78 is 6.72. The number of nitrogens with zero attached hydrogens (tertiary/aromatic N) is 1. The third kappa shape index (κ3) is 1.94. The summed E-state index contributed by atoms with van der Waals surface area (Å²) in [5.74, 6) is -1.87. The molecule has 3 rings (SSSR count). The smallest absolute Gasteiger partial charge is 0.312 e. The fourth-order valence-electron chi connectivity index (χ4n) is 2.50. The highest BCUT2D eigenvalue weighted by molar-refractivity contribution is 6.35. The first-order chi connectivity index (χ1) is 9.49. The maximum absolute atomic E-state index is 12.4. The molecule has 0 saturated heterocycles. The zero-order chi connectivity index (χ0) is 14.4. The zero-order valence-electron chi connectivity index (χ0n) is 10.1. The molecule has 2 aromatic rings. The van der Waals surface area contributed by atoms with Crippen LogP contribution in [0.4, 0.5) is 0 Å². The maximum Gasteiger partial charge on any atom is 0.312 e. The molecule has 0 fully saturated rings. The minimum atomic E-state index is -0.919. The molecule has 1 aliphatic heterocycles. The summed E-state index contributed by atoms with van der Waals surface area (Å²) in [4.78, 5) is 23.5.